The minimum atomic E-state index is -0.0107. The van der Waals surface area contributed by atoms with Crippen LogP contribution in [0.5, 0.6) is 0 Å². The lowest BCUT2D eigenvalue weighted by Crippen LogP contribution is -2.27. The predicted molar refractivity (Wildman–Crippen MR) is 66.2 cm³/mol. The molecule has 1 aromatic heterocycles. The lowest BCUT2D eigenvalue weighted by Gasteiger charge is -2.07. The van der Waals surface area contributed by atoms with Crippen LogP contribution in [-0.2, 0) is 11.3 Å². The van der Waals surface area contributed by atoms with Gasteiger partial charge in [-0.1, -0.05) is 26.0 Å². The SMILES string of the molecule is CC(C)C(=O)NCc1cnc2ccccc2n1. The number of nitrogens with zero attached hydrogens (tertiary/aromatic N) is 2. The number of aromatic nitrogens is 2. The number of fused-ring (bicyclic) bond motifs is 1. The van der Waals surface area contributed by atoms with Gasteiger partial charge in [-0.3, -0.25) is 9.78 Å². The van der Waals surface area contributed by atoms with Crippen molar-refractivity contribution in [2.24, 2.45) is 5.92 Å². The molecule has 4 heteroatoms. The van der Waals surface area contributed by atoms with Crippen LogP contribution >= 0.6 is 0 Å². The number of para-hydroxylation sites is 2. The highest BCUT2D eigenvalue weighted by atomic mass is 16.1. The van der Waals surface area contributed by atoms with Crippen LogP contribution in [-0.4, -0.2) is 15.9 Å². The average Bonchev–Trinajstić information content (AvgIpc) is 2.35. The second-order valence-electron chi connectivity index (χ2n) is 4.22. The van der Waals surface area contributed by atoms with E-state index in [4.69, 9.17) is 0 Å². The van der Waals surface area contributed by atoms with Gasteiger partial charge in [0.1, 0.15) is 0 Å². The smallest absolute Gasteiger partial charge is 0.222 e. The van der Waals surface area contributed by atoms with Crippen molar-refractivity contribution in [1.29, 1.82) is 0 Å². The molecule has 0 aliphatic rings. The number of nitrogens with one attached hydrogen (secondary N) is 1. The first-order chi connectivity index (χ1) is 8.16. The number of rotatable bonds is 3. The minimum absolute atomic E-state index is 0.0107. The molecule has 4 nitrogen and oxygen atoms in total. The van der Waals surface area contributed by atoms with E-state index in [2.05, 4.69) is 15.3 Å². The first-order valence-electron chi connectivity index (χ1n) is 5.65. The lowest BCUT2D eigenvalue weighted by molar-refractivity contribution is -0.124. The van der Waals surface area contributed by atoms with Crippen LogP contribution in [0, 0.1) is 5.92 Å². The summed E-state index contributed by atoms with van der Waals surface area (Å²) in [6.45, 7) is 4.15. The van der Waals surface area contributed by atoms with Crippen molar-refractivity contribution in [1.82, 2.24) is 15.3 Å². The third kappa shape index (κ3) is 2.78. The van der Waals surface area contributed by atoms with Crippen LogP contribution in [0.25, 0.3) is 11.0 Å². The van der Waals surface area contributed by atoms with Crippen molar-refractivity contribution in [3.8, 4) is 0 Å². The molecule has 0 spiro atoms. The number of benzene rings is 1. The van der Waals surface area contributed by atoms with Gasteiger partial charge in [-0.2, -0.15) is 0 Å². The maximum atomic E-state index is 11.4. The molecule has 0 saturated carbocycles. The fourth-order valence-electron chi connectivity index (χ4n) is 1.46. The van der Waals surface area contributed by atoms with E-state index in [-0.39, 0.29) is 11.8 Å². The Morgan fingerprint density at radius 1 is 1.29 bits per heavy atom. The maximum Gasteiger partial charge on any atom is 0.222 e. The molecule has 0 unspecified atom stereocenters. The van der Waals surface area contributed by atoms with Crippen LogP contribution < -0.4 is 5.32 Å². The molecule has 0 aliphatic carbocycles. The zero-order valence-electron chi connectivity index (χ0n) is 9.97. The summed E-state index contributed by atoms with van der Waals surface area (Å²) in [5.41, 5.74) is 2.49. The molecule has 0 fully saturated rings. The van der Waals surface area contributed by atoms with E-state index in [1.165, 1.54) is 0 Å². The van der Waals surface area contributed by atoms with Gasteiger partial charge in [0.15, 0.2) is 0 Å². The van der Waals surface area contributed by atoms with Crippen molar-refractivity contribution in [2.75, 3.05) is 0 Å². The molecule has 0 radical (unpaired) electrons. The third-order valence-electron chi connectivity index (χ3n) is 2.47. The van der Waals surface area contributed by atoms with Gasteiger partial charge in [-0.25, -0.2) is 4.98 Å². The fourth-order valence-corrected chi connectivity index (χ4v) is 1.46. The molecule has 1 aromatic carbocycles. The third-order valence-corrected chi connectivity index (χ3v) is 2.47. The van der Waals surface area contributed by atoms with Gasteiger partial charge in [0.2, 0.25) is 5.91 Å². The van der Waals surface area contributed by atoms with Gasteiger partial charge < -0.3 is 5.32 Å². The summed E-state index contributed by atoms with van der Waals surface area (Å²) in [5, 5.41) is 2.82. The number of carbonyl (C=O) groups excluding carboxylic acids is 1. The summed E-state index contributed by atoms with van der Waals surface area (Å²) in [7, 11) is 0. The Morgan fingerprint density at radius 3 is 2.71 bits per heavy atom. The predicted octanol–water partition coefficient (Wildman–Crippen LogP) is 1.90. The van der Waals surface area contributed by atoms with E-state index in [1.807, 2.05) is 38.1 Å². The van der Waals surface area contributed by atoms with Crippen LogP contribution in [0.3, 0.4) is 0 Å². The monoisotopic (exact) mass is 229 g/mol. The first-order valence-corrected chi connectivity index (χ1v) is 5.65. The largest absolute Gasteiger partial charge is 0.350 e. The summed E-state index contributed by atoms with van der Waals surface area (Å²) in [6.07, 6.45) is 1.70. The fraction of sp³-hybridized carbons (Fsp3) is 0.308. The molecular formula is C13H15N3O. The molecule has 2 rings (SSSR count). The van der Waals surface area contributed by atoms with Crippen LogP contribution in [0.2, 0.25) is 0 Å². The number of hydrogen-bond acceptors (Lipinski definition) is 3. The lowest BCUT2D eigenvalue weighted by atomic mass is 10.2. The van der Waals surface area contributed by atoms with Gasteiger partial charge in [-0.05, 0) is 12.1 Å². The Labute approximate surface area is 100 Å². The molecule has 0 aliphatic heterocycles. The topological polar surface area (TPSA) is 54.9 Å². The summed E-state index contributed by atoms with van der Waals surface area (Å²) in [5.74, 6) is 0.0170. The molecule has 1 amide bonds. The first kappa shape index (κ1) is 11.5. The molecule has 17 heavy (non-hydrogen) atoms. The quantitative estimate of drug-likeness (QED) is 0.874. The minimum Gasteiger partial charge on any atom is -0.350 e. The van der Waals surface area contributed by atoms with Gasteiger partial charge in [0.05, 0.1) is 29.5 Å². The Kier molecular flexibility index (Phi) is 3.32. The van der Waals surface area contributed by atoms with E-state index in [0.717, 1.165) is 16.7 Å². The summed E-state index contributed by atoms with van der Waals surface area (Å²) < 4.78 is 0. The highest BCUT2D eigenvalue weighted by molar-refractivity contribution is 5.78. The summed E-state index contributed by atoms with van der Waals surface area (Å²) >= 11 is 0. The molecule has 2 aromatic rings. The van der Waals surface area contributed by atoms with Crippen molar-refractivity contribution in [2.45, 2.75) is 20.4 Å². The second-order valence-corrected chi connectivity index (χ2v) is 4.22. The molecule has 1 N–H and O–H groups in total. The van der Waals surface area contributed by atoms with Gasteiger partial charge >= 0.3 is 0 Å². The zero-order valence-corrected chi connectivity index (χ0v) is 9.97. The zero-order chi connectivity index (χ0) is 12.3. The number of carbonyl (C=O) groups is 1. The average molecular weight is 229 g/mol. The maximum absolute atomic E-state index is 11.4. The normalized spacial score (nSPS) is 10.8. The summed E-state index contributed by atoms with van der Waals surface area (Å²) in [6, 6.07) is 7.68. The Balaban J connectivity index is 2.12. The number of amides is 1. The van der Waals surface area contributed by atoms with Gasteiger partial charge in [-0.15, -0.1) is 0 Å². The van der Waals surface area contributed by atoms with E-state index in [9.17, 15) is 4.79 Å². The molecule has 0 atom stereocenters. The van der Waals surface area contributed by atoms with Crippen LogP contribution in [0.15, 0.2) is 30.5 Å². The van der Waals surface area contributed by atoms with E-state index in [1.54, 1.807) is 6.20 Å². The van der Waals surface area contributed by atoms with Gasteiger partial charge in [0.25, 0.3) is 0 Å². The molecular weight excluding hydrogens is 214 g/mol. The van der Waals surface area contributed by atoms with Gasteiger partial charge in [0, 0.05) is 5.92 Å². The van der Waals surface area contributed by atoms with Crippen LogP contribution in [0.1, 0.15) is 19.5 Å². The van der Waals surface area contributed by atoms with Crippen molar-refractivity contribution < 1.29 is 4.79 Å². The second kappa shape index (κ2) is 4.91. The Morgan fingerprint density at radius 2 is 2.00 bits per heavy atom. The standard InChI is InChI=1S/C13H15N3O/c1-9(2)13(17)15-8-10-7-14-11-5-3-4-6-12(11)16-10/h3-7,9H,8H2,1-2H3,(H,15,17). The van der Waals surface area contributed by atoms with E-state index < -0.39 is 0 Å². The van der Waals surface area contributed by atoms with Crippen molar-refractivity contribution in [3.05, 3.63) is 36.2 Å². The highest BCUT2D eigenvalue weighted by Gasteiger charge is 2.06. The van der Waals surface area contributed by atoms with Crippen LogP contribution in [0.4, 0.5) is 0 Å². The molecule has 88 valence electrons. The molecule has 1 heterocycles. The van der Waals surface area contributed by atoms with Crippen molar-refractivity contribution >= 4 is 16.9 Å². The Hall–Kier alpha value is -1.97. The highest BCUT2D eigenvalue weighted by Crippen LogP contribution is 2.08. The Bertz CT molecular complexity index is 537. The van der Waals surface area contributed by atoms with Crippen molar-refractivity contribution in [3.63, 3.8) is 0 Å². The molecule has 0 bridgehead atoms. The number of hydrogen-bond donors (Lipinski definition) is 1. The van der Waals surface area contributed by atoms with E-state index >= 15 is 0 Å². The summed E-state index contributed by atoms with van der Waals surface area (Å²) in [4.78, 5) is 20.1. The van der Waals surface area contributed by atoms with E-state index in [0.29, 0.717) is 6.54 Å². The molecule has 0 saturated heterocycles.